The Bertz CT molecular complexity index is 481. The van der Waals surface area contributed by atoms with Gasteiger partial charge >= 0.3 is 0 Å². The van der Waals surface area contributed by atoms with E-state index in [1.54, 1.807) is 11.3 Å². The van der Waals surface area contributed by atoms with Crippen LogP contribution in [0.4, 0.5) is 0 Å². The lowest BCUT2D eigenvalue weighted by atomic mass is 10.0. The second-order valence-electron chi connectivity index (χ2n) is 3.59. The van der Waals surface area contributed by atoms with Gasteiger partial charge in [0, 0.05) is 21.7 Å². The number of aryl methyl sites for hydroxylation is 1. The molecule has 0 spiro atoms. The molecule has 1 atom stereocenters. The predicted molar refractivity (Wildman–Crippen MR) is 71.9 cm³/mol. The third kappa shape index (κ3) is 2.19. The van der Waals surface area contributed by atoms with Gasteiger partial charge in [0.25, 0.3) is 0 Å². The molecule has 0 saturated carbocycles. The SMILES string of the molecule is CNC(c1ccncc1C)c1sccc1Br. The molecule has 4 heteroatoms. The van der Waals surface area contributed by atoms with E-state index in [1.165, 1.54) is 16.0 Å². The summed E-state index contributed by atoms with van der Waals surface area (Å²) in [7, 11) is 1.98. The highest BCUT2D eigenvalue weighted by molar-refractivity contribution is 9.10. The Morgan fingerprint density at radius 2 is 2.25 bits per heavy atom. The summed E-state index contributed by atoms with van der Waals surface area (Å²) in [5, 5.41) is 5.45. The molecule has 0 aromatic carbocycles. The Morgan fingerprint density at radius 1 is 1.44 bits per heavy atom. The van der Waals surface area contributed by atoms with Gasteiger partial charge in [-0.25, -0.2) is 0 Å². The molecule has 84 valence electrons. The van der Waals surface area contributed by atoms with Gasteiger partial charge in [-0.3, -0.25) is 4.98 Å². The number of halogens is 1. The van der Waals surface area contributed by atoms with Crippen LogP contribution in [0.15, 0.2) is 34.4 Å². The van der Waals surface area contributed by atoms with Crippen molar-refractivity contribution in [1.29, 1.82) is 0 Å². The van der Waals surface area contributed by atoms with Crippen molar-refractivity contribution in [2.24, 2.45) is 0 Å². The van der Waals surface area contributed by atoms with E-state index < -0.39 is 0 Å². The number of hydrogen-bond acceptors (Lipinski definition) is 3. The summed E-state index contributed by atoms with van der Waals surface area (Å²) in [6.07, 6.45) is 3.75. The number of nitrogens with zero attached hydrogens (tertiary/aromatic N) is 1. The highest BCUT2D eigenvalue weighted by Crippen LogP contribution is 2.33. The molecule has 1 N–H and O–H groups in total. The quantitative estimate of drug-likeness (QED) is 0.937. The third-order valence-corrected chi connectivity index (χ3v) is 4.51. The lowest BCUT2D eigenvalue weighted by Gasteiger charge is -2.17. The maximum atomic E-state index is 4.13. The van der Waals surface area contributed by atoms with Crippen LogP contribution in [0.25, 0.3) is 0 Å². The predicted octanol–water partition coefficient (Wildman–Crippen LogP) is 3.52. The van der Waals surface area contributed by atoms with Crippen LogP contribution in [0.3, 0.4) is 0 Å². The second kappa shape index (κ2) is 5.08. The van der Waals surface area contributed by atoms with Crippen molar-refractivity contribution in [3.8, 4) is 0 Å². The van der Waals surface area contributed by atoms with Crippen molar-refractivity contribution < 1.29 is 0 Å². The molecule has 2 aromatic rings. The second-order valence-corrected chi connectivity index (χ2v) is 5.39. The summed E-state index contributed by atoms with van der Waals surface area (Å²) in [5.74, 6) is 0. The molecule has 2 heterocycles. The summed E-state index contributed by atoms with van der Waals surface area (Å²) >= 11 is 5.34. The number of thiophene rings is 1. The van der Waals surface area contributed by atoms with Crippen molar-refractivity contribution >= 4 is 27.3 Å². The first-order valence-corrected chi connectivity index (χ1v) is 6.72. The first-order valence-electron chi connectivity index (χ1n) is 5.04. The van der Waals surface area contributed by atoms with Crippen LogP contribution in [0, 0.1) is 6.92 Å². The Hall–Kier alpha value is -0.710. The summed E-state index contributed by atoms with van der Waals surface area (Å²) in [4.78, 5) is 5.43. The minimum absolute atomic E-state index is 0.234. The van der Waals surface area contributed by atoms with Gasteiger partial charge in [-0.15, -0.1) is 11.3 Å². The molecular weight excluding hydrogens is 284 g/mol. The van der Waals surface area contributed by atoms with E-state index >= 15 is 0 Å². The van der Waals surface area contributed by atoms with Crippen LogP contribution in [0.5, 0.6) is 0 Å². The molecule has 1 unspecified atom stereocenters. The zero-order valence-electron chi connectivity index (χ0n) is 9.20. The van der Waals surface area contributed by atoms with Gasteiger partial charge in [-0.1, -0.05) is 0 Å². The molecule has 0 radical (unpaired) electrons. The average molecular weight is 297 g/mol. The van der Waals surface area contributed by atoms with Gasteiger partial charge in [0.2, 0.25) is 0 Å². The number of hydrogen-bond donors (Lipinski definition) is 1. The van der Waals surface area contributed by atoms with Crippen molar-refractivity contribution in [3.63, 3.8) is 0 Å². The average Bonchev–Trinajstić information content (AvgIpc) is 2.69. The van der Waals surface area contributed by atoms with E-state index in [-0.39, 0.29) is 6.04 Å². The standard InChI is InChI=1S/C12H13BrN2S/c1-8-7-15-5-3-9(8)11(14-2)12-10(13)4-6-16-12/h3-7,11,14H,1-2H3. The molecule has 2 aromatic heterocycles. The van der Waals surface area contributed by atoms with Crippen LogP contribution < -0.4 is 5.32 Å². The van der Waals surface area contributed by atoms with Crippen molar-refractivity contribution in [2.45, 2.75) is 13.0 Å². The van der Waals surface area contributed by atoms with Crippen molar-refractivity contribution in [2.75, 3.05) is 7.05 Å². The monoisotopic (exact) mass is 296 g/mol. The molecule has 0 fully saturated rings. The Kier molecular flexibility index (Phi) is 3.74. The Balaban J connectivity index is 2.45. The highest BCUT2D eigenvalue weighted by Gasteiger charge is 2.17. The van der Waals surface area contributed by atoms with Crippen LogP contribution in [-0.2, 0) is 0 Å². The van der Waals surface area contributed by atoms with Crippen LogP contribution in [-0.4, -0.2) is 12.0 Å². The molecule has 0 aliphatic carbocycles. The Morgan fingerprint density at radius 3 is 2.81 bits per heavy atom. The van der Waals surface area contributed by atoms with Gasteiger partial charge in [0.15, 0.2) is 0 Å². The molecule has 2 rings (SSSR count). The van der Waals surface area contributed by atoms with E-state index in [2.05, 4.69) is 50.7 Å². The first-order chi connectivity index (χ1) is 7.74. The molecule has 0 saturated heterocycles. The fraction of sp³-hybridized carbons (Fsp3) is 0.250. The topological polar surface area (TPSA) is 24.9 Å². The minimum Gasteiger partial charge on any atom is -0.309 e. The van der Waals surface area contributed by atoms with Gasteiger partial charge in [-0.05, 0) is 58.5 Å². The van der Waals surface area contributed by atoms with Crippen molar-refractivity contribution in [3.05, 3.63) is 50.4 Å². The van der Waals surface area contributed by atoms with Gasteiger partial charge < -0.3 is 5.32 Å². The normalized spacial score (nSPS) is 12.7. The zero-order chi connectivity index (χ0) is 11.5. The van der Waals surface area contributed by atoms with E-state index in [4.69, 9.17) is 0 Å². The zero-order valence-corrected chi connectivity index (χ0v) is 11.6. The van der Waals surface area contributed by atoms with Crippen LogP contribution in [0.1, 0.15) is 22.0 Å². The van der Waals surface area contributed by atoms with E-state index in [1.807, 2.05) is 19.4 Å². The largest absolute Gasteiger partial charge is 0.309 e. The maximum absolute atomic E-state index is 4.13. The molecule has 0 amide bonds. The Labute approximate surface area is 108 Å². The smallest absolute Gasteiger partial charge is 0.0683 e. The fourth-order valence-corrected chi connectivity index (χ4v) is 3.48. The number of pyridine rings is 1. The number of aromatic nitrogens is 1. The molecule has 2 nitrogen and oxygen atoms in total. The number of rotatable bonds is 3. The van der Waals surface area contributed by atoms with E-state index in [0.717, 1.165) is 4.47 Å². The molecule has 0 aliphatic heterocycles. The van der Waals surface area contributed by atoms with E-state index in [0.29, 0.717) is 0 Å². The van der Waals surface area contributed by atoms with Crippen LogP contribution in [0.2, 0.25) is 0 Å². The number of nitrogens with one attached hydrogen (secondary N) is 1. The molecular formula is C12H13BrN2S. The highest BCUT2D eigenvalue weighted by atomic mass is 79.9. The maximum Gasteiger partial charge on any atom is 0.0683 e. The van der Waals surface area contributed by atoms with Crippen molar-refractivity contribution in [1.82, 2.24) is 10.3 Å². The molecule has 0 aliphatic rings. The molecule has 16 heavy (non-hydrogen) atoms. The van der Waals surface area contributed by atoms with Crippen LogP contribution >= 0.6 is 27.3 Å². The summed E-state index contributed by atoms with van der Waals surface area (Å²) in [6.45, 7) is 2.09. The lowest BCUT2D eigenvalue weighted by molar-refractivity contribution is 0.695. The summed E-state index contributed by atoms with van der Waals surface area (Å²) in [6, 6.07) is 4.39. The third-order valence-electron chi connectivity index (χ3n) is 2.57. The first kappa shape index (κ1) is 11.8. The molecule has 0 bridgehead atoms. The van der Waals surface area contributed by atoms with Gasteiger partial charge in [-0.2, -0.15) is 0 Å². The fourth-order valence-electron chi connectivity index (χ4n) is 1.75. The lowest BCUT2D eigenvalue weighted by Crippen LogP contribution is -2.18. The van der Waals surface area contributed by atoms with Gasteiger partial charge in [0.05, 0.1) is 6.04 Å². The summed E-state index contributed by atoms with van der Waals surface area (Å²) in [5.41, 5.74) is 2.49. The minimum atomic E-state index is 0.234. The van der Waals surface area contributed by atoms with E-state index in [9.17, 15) is 0 Å². The van der Waals surface area contributed by atoms with Gasteiger partial charge in [0.1, 0.15) is 0 Å². The summed E-state index contributed by atoms with van der Waals surface area (Å²) < 4.78 is 1.16.